The molecule has 0 aromatic carbocycles. The first-order valence-corrected chi connectivity index (χ1v) is 7.62. The van der Waals surface area contributed by atoms with Gasteiger partial charge < -0.3 is 0 Å². The molecule has 0 amide bonds. The van der Waals surface area contributed by atoms with Gasteiger partial charge in [-0.1, -0.05) is 55.7 Å². The SMILES string of the molecule is C/C(=C/C(Cl)Cl)[C@@H](Br)/C=C/[C@](C)(Cl)CBr. The first-order valence-electron chi connectivity index (χ1n) is 4.33. The quantitative estimate of drug-likeness (QED) is 0.426. The third-order valence-corrected chi connectivity index (χ3v) is 4.72. The van der Waals surface area contributed by atoms with E-state index >= 15 is 0 Å². The zero-order chi connectivity index (χ0) is 12.1. The van der Waals surface area contributed by atoms with Crippen LogP contribution in [0.5, 0.6) is 0 Å². The first-order chi connectivity index (χ1) is 6.78. The Kier molecular flexibility index (Phi) is 8.26. The van der Waals surface area contributed by atoms with Crippen molar-refractivity contribution in [1.82, 2.24) is 0 Å². The predicted octanol–water partition coefficient (Wildman–Crippen LogP) is 5.45. The van der Waals surface area contributed by atoms with Crippen LogP contribution in [0.15, 0.2) is 23.8 Å². The number of rotatable bonds is 5. The third kappa shape index (κ3) is 8.09. The molecule has 0 fully saturated rings. The third-order valence-electron chi connectivity index (χ3n) is 1.70. The van der Waals surface area contributed by atoms with Gasteiger partial charge in [0.05, 0.1) is 9.70 Å². The van der Waals surface area contributed by atoms with Crippen molar-refractivity contribution in [2.45, 2.75) is 28.4 Å². The molecule has 0 aromatic rings. The second-order valence-corrected chi connectivity index (χ2v) is 6.99. The van der Waals surface area contributed by atoms with E-state index in [4.69, 9.17) is 34.8 Å². The summed E-state index contributed by atoms with van der Waals surface area (Å²) in [6.45, 7) is 3.89. The van der Waals surface area contributed by atoms with Crippen LogP contribution >= 0.6 is 66.7 Å². The molecule has 0 aromatic heterocycles. The molecule has 5 heteroatoms. The molecule has 0 saturated heterocycles. The molecular formula is C10H13Br2Cl3. The molecule has 0 heterocycles. The maximum absolute atomic E-state index is 6.15. The van der Waals surface area contributed by atoms with Crippen LogP contribution in [0.3, 0.4) is 0 Å². The van der Waals surface area contributed by atoms with Crippen LogP contribution in [-0.2, 0) is 0 Å². The van der Waals surface area contributed by atoms with E-state index < -0.39 is 4.84 Å². The van der Waals surface area contributed by atoms with E-state index in [9.17, 15) is 0 Å². The molecule has 0 rings (SSSR count). The smallest absolute Gasteiger partial charge is 0.114 e. The van der Waals surface area contributed by atoms with E-state index in [2.05, 4.69) is 31.9 Å². The molecule has 0 nitrogen and oxygen atoms in total. The van der Waals surface area contributed by atoms with E-state index in [1.165, 1.54) is 0 Å². The molecular weight excluding hydrogens is 386 g/mol. The van der Waals surface area contributed by atoms with Crippen molar-refractivity contribution < 1.29 is 0 Å². The van der Waals surface area contributed by atoms with Crippen LogP contribution in [0.2, 0.25) is 0 Å². The topological polar surface area (TPSA) is 0 Å². The minimum Gasteiger partial charge on any atom is -0.114 e. The predicted molar refractivity (Wildman–Crippen MR) is 79.2 cm³/mol. The van der Waals surface area contributed by atoms with Gasteiger partial charge >= 0.3 is 0 Å². The molecule has 0 unspecified atom stereocenters. The zero-order valence-corrected chi connectivity index (χ0v) is 13.9. The van der Waals surface area contributed by atoms with Crippen molar-refractivity contribution >= 4 is 66.7 Å². The van der Waals surface area contributed by atoms with E-state index in [1.807, 2.05) is 26.0 Å². The Labute approximate surface area is 123 Å². The van der Waals surface area contributed by atoms with Crippen LogP contribution in [0, 0.1) is 0 Å². The Morgan fingerprint density at radius 1 is 1.47 bits per heavy atom. The highest BCUT2D eigenvalue weighted by Gasteiger charge is 2.15. The summed E-state index contributed by atoms with van der Waals surface area (Å²) < 4.78 is 0. The van der Waals surface area contributed by atoms with E-state index in [-0.39, 0.29) is 9.70 Å². The van der Waals surface area contributed by atoms with Crippen molar-refractivity contribution in [3.63, 3.8) is 0 Å². The van der Waals surface area contributed by atoms with Gasteiger partial charge in [0.2, 0.25) is 0 Å². The van der Waals surface area contributed by atoms with Gasteiger partial charge in [0.1, 0.15) is 4.84 Å². The summed E-state index contributed by atoms with van der Waals surface area (Å²) in [6, 6.07) is 0. The highest BCUT2D eigenvalue weighted by molar-refractivity contribution is 9.09. The average Bonchev–Trinajstić information content (AvgIpc) is 2.13. The maximum Gasteiger partial charge on any atom is 0.126 e. The van der Waals surface area contributed by atoms with Crippen LogP contribution in [0.25, 0.3) is 0 Å². The first kappa shape index (κ1) is 16.3. The van der Waals surface area contributed by atoms with Gasteiger partial charge in [-0.25, -0.2) is 0 Å². The second kappa shape index (κ2) is 7.60. The van der Waals surface area contributed by atoms with Crippen LogP contribution in [-0.4, -0.2) is 19.9 Å². The average molecular weight is 399 g/mol. The van der Waals surface area contributed by atoms with Crippen LogP contribution in [0.4, 0.5) is 0 Å². The van der Waals surface area contributed by atoms with Gasteiger partial charge in [-0.2, -0.15) is 0 Å². The summed E-state index contributed by atoms with van der Waals surface area (Å²) in [7, 11) is 0. The van der Waals surface area contributed by atoms with E-state index in [1.54, 1.807) is 6.08 Å². The Morgan fingerprint density at radius 2 is 2.00 bits per heavy atom. The second-order valence-electron chi connectivity index (χ2n) is 3.42. The summed E-state index contributed by atoms with van der Waals surface area (Å²) in [5.74, 6) is 0. The van der Waals surface area contributed by atoms with Gasteiger partial charge in [-0.15, -0.1) is 34.8 Å². The van der Waals surface area contributed by atoms with Gasteiger partial charge in [-0.3, -0.25) is 0 Å². The molecule has 0 radical (unpaired) electrons. The molecule has 15 heavy (non-hydrogen) atoms. The van der Waals surface area contributed by atoms with Crippen molar-refractivity contribution in [3.05, 3.63) is 23.8 Å². The monoisotopic (exact) mass is 396 g/mol. The lowest BCUT2D eigenvalue weighted by molar-refractivity contribution is 0.899. The molecule has 0 spiro atoms. The molecule has 0 aliphatic rings. The lowest BCUT2D eigenvalue weighted by atomic mass is 10.1. The minimum absolute atomic E-state index is 0.106. The molecule has 2 atom stereocenters. The maximum atomic E-state index is 6.15. The summed E-state index contributed by atoms with van der Waals surface area (Å²) >= 11 is 24.3. The van der Waals surface area contributed by atoms with Gasteiger partial charge in [-0.05, 0) is 13.8 Å². The number of hydrogen-bond donors (Lipinski definition) is 0. The molecule has 0 aliphatic heterocycles. The van der Waals surface area contributed by atoms with E-state index in [0.29, 0.717) is 5.33 Å². The van der Waals surface area contributed by atoms with Crippen LogP contribution in [0.1, 0.15) is 13.8 Å². The zero-order valence-electron chi connectivity index (χ0n) is 8.48. The highest BCUT2D eigenvalue weighted by atomic mass is 79.9. The van der Waals surface area contributed by atoms with Crippen LogP contribution < -0.4 is 0 Å². The Morgan fingerprint density at radius 3 is 2.40 bits per heavy atom. The molecule has 0 saturated carbocycles. The lowest BCUT2D eigenvalue weighted by Gasteiger charge is -2.14. The Balaban J connectivity index is 4.43. The lowest BCUT2D eigenvalue weighted by Crippen LogP contribution is -2.14. The van der Waals surface area contributed by atoms with Crippen molar-refractivity contribution in [2.75, 3.05) is 5.33 Å². The fourth-order valence-electron chi connectivity index (χ4n) is 0.772. The van der Waals surface area contributed by atoms with Crippen molar-refractivity contribution in [2.24, 2.45) is 0 Å². The number of alkyl halides is 5. The standard InChI is InChI=1S/C10H13Br2Cl3/c1-7(5-9(13)14)8(12)3-4-10(2,15)6-11/h3-5,8-9H,6H2,1-2H3/b4-3+,7-5-/t8-,10-/m0/s1. The van der Waals surface area contributed by atoms with Crippen molar-refractivity contribution in [3.8, 4) is 0 Å². The molecule has 88 valence electrons. The number of allylic oxidation sites excluding steroid dienone is 4. The molecule has 0 bridgehead atoms. The molecule has 0 N–H and O–H groups in total. The summed E-state index contributed by atoms with van der Waals surface area (Å²) in [5.41, 5.74) is 1.06. The Bertz CT molecular complexity index is 247. The van der Waals surface area contributed by atoms with Crippen molar-refractivity contribution in [1.29, 1.82) is 0 Å². The fourth-order valence-corrected chi connectivity index (χ4v) is 1.73. The molecule has 0 aliphatic carbocycles. The summed E-state index contributed by atoms with van der Waals surface area (Å²) in [4.78, 5) is -0.736. The van der Waals surface area contributed by atoms with Gasteiger partial charge in [0.25, 0.3) is 0 Å². The normalized spacial score (nSPS) is 19.6. The Hall–Kier alpha value is 1.31. The van der Waals surface area contributed by atoms with E-state index in [0.717, 1.165) is 5.57 Å². The largest absolute Gasteiger partial charge is 0.126 e. The van der Waals surface area contributed by atoms with Gasteiger partial charge in [0.15, 0.2) is 0 Å². The summed E-state index contributed by atoms with van der Waals surface area (Å²) in [6.07, 6.45) is 5.71. The minimum atomic E-state index is -0.475. The summed E-state index contributed by atoms with van der Waals surface area (Å²) in [5, 5.41) is 0.703. The van der Waals surface area contributed by atoms with Gasteiger partial charge in [0, 0.05) is 5.33 Å². The number of halogens is 5. The fraction of sp³-hybridized carbons (Fsp3) is 0.600. The number of hydrogen-bond acceptors (Lipinski definition) is 0. The highest BCUT2D eigenvalue weighted by Crippen LogP contribution is 2.22.